The summed E-state index contributed by atoms with van der Waals surface area (Å²) in [6, 6.07) is 4.31. The van der Waals surface area contributed by atoms with Crippen LogP contribution in [0.5, 0.6) is 0 Å². The Kier molecular flexibility index (Phi) is 4.52. The summed E-state index contributed by atoms with van der Waals surface area (Å²) in [5.74, 6) is 1.21. The van der Waals surface area contributed by atoms with E-state index in [4.69, 9.17) is 0 Å². The van der Waals surface area contributed by atoms with E-state index < -0.39 is 0 Å². The van der Waals surface area contributed by atoms with Gasteiger partial charge in [-0.05, 0) is 24.3 Å². The number of nitrogens with one attached hydrogen (secondary N) is 1. The number of fused-ring (bicyclic) bond motifs is 1. The summed E-state index contributed by atoms with van der Waals surface area (Å²) in [5.41, 5.74) is 2.48. The number of anilines is 1. The molecular weight excluding hydrogens is 216 g/mol. The maximum absolute atomic E-state index is 4.67. The van der Waals surface area contributed by atoms with E-state index in [1.807, 2.05) is 11.8 Å². The highest BCUT2D eigenvalue weighted by molar-refractivity contribution is 7.99. The SMILES string of the molecule is CCCCCCSc1ccc2c(n1)CCN2. The highest BCUT2D eigenvalue weighted by Gasteiger charge is 2.11. The fraction of sp³-hybridized carbons (Fsp3) is 0.615. The Morgan fingerprint density at radius 3 is 3.12 bits per heavy atom. The lowest BCUT2D eigenvalue weighted by Gasteiger charge is -2.03. The van der Waals surface area contributed by atoms with Crippen molar-refractivity contribution in [2.45, 2.75) is 44.1 Å². The van der Waals surface area contributed by atoms with Gasteiger partial charge in [-0.1, -0.05) is 26.2 Å². The van der Waals surface area contributed by atoms with E-state index >= 15 is 0 Å². The van der Waals surface area contributed by atoms with E-state index in [0.717, 1.165) is 13.0 Å². The van der Waals surface area contributed by atoms with Crippen LogP contribution in [0.4, 0.5) is 5.69 Å². The van der Waals surface area contributed by atoms with E-state index in [9.17, 15) is 0 Å². The van der Waals surface area contributed by atoms with Crippen molar-refractivity contribution in [1.82, 2.24) is 4.98 Å². The minimum absolute atomic E-state index is 1.05. The Bertz CT molecular complexity index is 339. The van der Waals surface area contributed by atoms with Gasteiger partial charge in [-0.15, -0.1) is 11.8 Å². The molecule has 2 nitrogen and oxygen atoms in total. The monoisotopic (exact) mass is 236 g/mol. The average molecular weight is 236 g/mol. The summed E-state index contributed by atoms with van der Waals surface area (Å²) in [6.45, 7) is 3.30. The minimum Gasteiger partial charge on any atom is -0.383 e. The van der Waals surface area contributed by atoms with Gasteiger partial charge in [0.25, 0.3) is 0 Å². The quantitative estimate of drug-likeness (QED) is 0.602. The number of pyridine rings is 1. The molecule has 2 heterocycles. The van der Waals surface area contributed by atoms with Gasteiger partial charge in [0.2, 0.25) is 0 Å². The van der Waals surface area contributed by atoms with Gasteiger partial charge >= 0.3 is 0 Å². The largest absolute Gasteiger partial charge is 0.383 e. The first-order valence-corrected chi connectivity index (χ1v) is 7.25. The summed E-state index contributed by atoms with van der Waals surface area (Å²) in [5, 5.41) is 4.53. The van der Waals surface area contributed by atoms with Crippen molar-refractivity contribution in [3.63, 3.8) is 0 Å². The Labute approximate surface area is 102 Å². The van der Waals surface area contributed by atoms with E-state index in [1.165, 1.54) is 47.8 Å². The summed E-state index contributed by atoms with van der Waals surface area (Å²) in [7, 11) is 0. The molecule has 3 heteroatoms. The van der Waals surface area contributed by atoms with Crippen LogP contribution in [0.1, 0.15) is 38.3 Å². The van der Waals surface area contributed by atoms with Crippen molar-refractivity contribution in [3.05, 3.63) is 17.8 Å². The molecule has 0 amide bonds. The molecule has 88 valence electrons. The third-order valence-corrected chi connectivity index (χ3v) is 3.89. The Hall–Kier alpha value is -0.700. The molecule has 1 aliphatic rings. The first-order chi connectivity index (χ1) is 7.90. The molecule has 16 heavy (non-hydrogen) atoms. The molecule has 0 bridgehead atoms. The van der Waals surface area contributed by atoms with Crippen LogP contribution < -0.4 is 5.32 Å². The first-order valence-electron chi connectivity index (χ1n) is 6.26. The molecule has 0 radical (unpaired) electrons. The van der Waals surface area contributed by atoms with Crippen LogP contribution >= 0.6 is 11.8 Å². The summed E-state index contributed by atoms with van der Waals surface area (Å²) in [6.07, 6.45) is 6.43. The topological polar surface area (TPSA) is 24.9 Å². The van der Waals surface area contributed by atoms with E-state index in [0.29, 0.717) is 0 Å². The molecule has 1 aromatic heterocycles. The van der Waals surface area contributed by atoms with Gasteiger partial charge in [-0.25, -0.2) is 4.98 Å². The smallest absolute Gasteiger partial charge is 0.0964 e. The van der Waals surface area contributed by atoms with Gasteiger partial charge in [-0.2, -0.15) is 0 Å². The summed E-state index contributed by atoms with van der Waals surface area (Å²) < 4.78 is 0. The number of rotatable bonds is 6. The molecule has 0 saturated carbocycles. The van der Waals surface area contributed by atoms with Crippen LogP contribution in [0, 0.1) is 0 Å². The van der Waals surface area contributed by atoms with Crippen LogP contribution in [-0.4, -0.2) is 17.3 Å². The molecule has 1 aliphatic heterocycles. The third-order valence-electron chi connectivity index (χ3n) is 2.87. The first kappa shape index (κ1) is 11.8. The molecule has 1 N–H and O–H groups in total. The zero-order chi connectivity index (χ0) is 11.2. The van der Waals surface area contributed by atoms with Gasteiger partial charge in [0.1, 0.15) is 0 Å². The lowest BCUT2D eigenvalue weighted by molar-refractivity contribution is 0.706. The molecule has 0 unspecified atom stereocenters. The van der Waals surface area contributed by atoms with E-state index in [2.05, 4.69) is 29.4 Å². The minimum atomic E-state index is 1.05. The molecule has 0 fully saturated rings. The van der Waals surface area contributed by atoms with Gasteiger partial charge in [0, 0.05) is 13.0 Å². The predicted molar refractivity (Wildman–Crippen MR) is 71.3 cm³/mol. The number of hydrogen-bond donors (Lipinski definition) is 1. The maximum atomic E-state index is 4.67. The number of hydrogen-bond acceptors (Lipinski definition) is 3. The van der Waals surface area contributed by atoms with Gasteiger partial charge in [0.15, 0.2) is 0 Å². The summed E-state index contributed by atoms with van der Waals surface area (Å²) >= 11 is 1.90. The second-order valence-corrected chi connectivity index (χ2v) is 5.34. The van der Waals surface area contributed by atoms with Crippen LogP contribution in [0.2, 0.25) is 0 Å². The number of aromatic nitrogens is 1. The molecule has 0 saturated heterocycles. The molecule has 1 aromatic rings. The molecule has 0 aliphatic carbocycles. The van der Waals surface area contributed by atoms with Crippen molar-refractivity contribution >= 4 is 17.4 Å². The normalized spacial score (nSPS) is 13.6. The van der Waals surface area contributed by atoms with Crippen molar-refractivity contribution in [3.8, 4) is 0 Å². The average Bonchev–Trinajstić information content (AvgIpc) is 2.76. The van der Waals surface area contributed by atoms with Gasteiger partial charge in [0.05, 0.1) is 16.4 Å². The fourth-order valence-electron chi connectivity index (χ4n) is 1.93. The van der Waals surface area contributed by atoms with Crippen molar-refractivity contribution < 1.29 is 0 Å². The van der Waals surface area contributed by atoms with Crippen LogP contribution in [-0.2, 0) is 6.42 Å². The van der Waals surface area contributed by atoms with E-state index in [-0.39, 0.29) is 0 Å². The highest BCUT2D eigenvalue weighted by Crippen LogP contribution is 2.25. The zero-order valence-corrected chi connectivity index (χ0v) is 10.8. The van der Waals surface area contributed by atoms with Gasteiger partial charge < -0.3 is 5.32 Å². The second-order valence-electron chi connectivity index (χ2n) is 4.23. The van der Waals surface area contributed by atoms with Crippen molar-refractivity contribution in [2.24, 2.45) is 0 Å². The number of thioether (sulfide) groups is 1. The van der Waals surface area contributed by atoms with E-state index in [1.54, 1.807) is 0 Å². The Morgan fingerprint density at radius 2 is 2.25 bits per heavy atom. The molecular formula is C13H20N2S. The number of unbranched alkanes of at least 4 members (excludes halogenated alkanes) is 3. The molecule has 2 rings (SSSR count). The fourth-order valence-corrected chi connectivity index (χ4v) is 2.83. The van der Waals surface area contributed by atoms with Crippen LogP contribution in [0.3, 0.4) is 0 Å². The Morgan fingerprint density at radius 1 is 1.31 bits per heavy atom. The number of nitrogens with zero attached hydrogens (tertiary/aromatic N) is 1. The van der Waals surface area contributed by atoms with Crippen molar-refractivity contribution in [2.75, 3.05) is 17.6 Å². The molecule has 0 aromatic carbocycles. The lowest BCUT2D eigenvalue weighted by atomic mass is 10.2. The zero-order valence-electron chi connectivity index (χ0n) is 9.96. The third kappa shape index (κ3) is 3.14. The standard InChI is InChI=1S/C13H20N2S/c1-2-3-4-5-10-16-13-7-6-11-12(15-13)8-9-14-11/h6-7,14H,2-5,8-10H2,1H3. The van der Waals surface area contributed by atoms with Crippen LogP contribution in [0.15, 0.2) is 17.2 Å². The second kappa shape index (κ2) is 6.14. The molecule has 0 spiro atoms. The van der Waals surface area contributed by atoms with Crippen LogP contribution in [0.25, 0.3) is 0 Å². The Balaban J connectivity index is 1.77. The van der Waals surface area contributed by atoms with Crippen molar-refractivity contribution in [1.29, 1.82) is 0 Å². The summed E-state index contributed by atoms with van der Waals surface area (Å²) in [4.78, 5) is 4.67. The predicted octanol–water partition coefficient (Wildman–Crippen LogP) is 3.72. The highest BCUT2D eigenvalue weighted by atomic mass is 32.2. The maximum Gasteiger partial charge on any atom is 0.0964 e. The van der Waals surface area contributed by atoms with Gasteiger partial charge in [-0.3, -0.25) is 0 Å². The molecule has 0 atom stereocenters. The lowest BCUT2D eigenvalue weighted by Crippen LogP contribution is -1.90.